The van der Waals surface area contributed by atoms with Crippen molar-refractivity contribution in [3.05, 3.63) is 0 Å². The number of carbonyl (C=O) groups is 2. The van der Waals surface area contributed by atoms with Crippen molar-refractivity contribution in [2.24, 2.45) is 5.92 Å². The van der Waals surface area contributed by atoms with E-state index >= 15 is 0 Å². The van der Waals surface area contributed by atoms with Crippen molar-refractivity contribution in [2.75, 3.05) is 44.8 Å². The molecule has 0 spiro atoms. The number of hydrogen-bond acceptors (Lipinski definition) is 8. The van der Waals surface area contributed by atoms with Crippen LogP contribution in [0.1, 0.15) is 12.8 Å². The number of piperidine rings is 1. The Morgan fingerprint density at radius 1 is 1.42 bits per heavy atom. The lowest BCUT2D eigenvalue weighted by Gasteiger charge is -2.35. The molecule has 3 aliphatic rings. The topological polar surface area (TPSA) is 102 Å². The van der Waals surface area contributed by atoms with Crippen LogP contribution in [0.5, 0.6) is 0 Å². The first kappa shape index (κ1) is 17.4. The molecule has 2 N–H and O–H groups in total. The normalized spacial score (nSPS) is 23.6. The summed E-state index contributed by atoms with van der Waals surface area (Å²) in [6, 6.07) is 0.0949. The summed E-state index contributed by atoms with van der Waals surface area (Å²) >= 11 is 2.62. The van der Waals surface area contributed by atoms with E-state index in [2.05, 4.69) is 10.2 Å². The molecule has 2 bridgehead atoms. The van der Waals surface area contributed by atoms with Crippen LogP contribution in [0.15, 0.2) is 4.34 Å². The molecule has 1 aromatic rings. The molecule has 0 saturated carbocycles. The second kappa shape index (κ2) is 7.66. The van der Waals surface area contributed by atoms with E-state index in [1.807, 2.05) is 9.80 Å². The minimum absolute atomic E-state index is 0.0343. The summed E-state index contributed by atoms with van der Waals surface area (Å²) in [4.78, 5) is 28.8. The van der Waals surface area contributed by atoms with E-state index < -0.39 is 0 Å². The zero-order chi connectivity index (χ0) is 17.1. The first-order valence-electron chi connectivity index (χ1n) is 7.87. The van der Waals surface area contributed by atoms with Gasteiger partial charge in [-0.1, -0.05) is 23.1 Å². The average molecular weight is 371 g/mol. The molecule has 0 aromatic carbocycles. The van der Waals surface area contributed by atoms with Crippen molar-refractivity contribution in [3.63, 3.8) is 0 Å². The number of carbonyl (C=O) groups excluding carboxylic acids is 2. The fraction of sp³-hybridized carbons (Fsp3) is 0.714. The van der Waals surface area contributed by atoms with Crippen LogP contribution in [0.4, 0.5) is 5.13 Å². The van der Waals surface area contributed by atoms with Crippen molar-refractivity contribution < 1.29 is 14.3 Å². The Morgan fingerprint density at radius 3 is 2.96 bits per heavy atom. The molecule has 3 aliphatic heterocycles. The van der Waals surface area contributed by atoms with Crippen LogP contribution >= 0.6 is 23.1 Å². The van der Waals surface area contributed by atoms with Crippen molar-refractivity contribution >= 4 is 40.0 Å². The first-order valence-corrected chi connectivity index (χ1v) is 9.67. The largest absolute Gasteiger partial charge is 0.383 e. The molecule has 0 radical (unpaired) electrons. The summed E-state index contributed by atoms with van der Waals surface area (Å²) in [5.41, 5.74) is 5.55. The van der Waals surface area contributed by atoms with E-state index in [1.54, 1.807) is 7.11 Å². The third-order valence-corrected chi connectivity index (χ3v) is 6.29. The Morgan fingerprint density at radius 2 is 2.25 bits per heavy atom. The lowest BCUT2D eigenvalue weighted by Crippen LogP contribution is -2.49. The summed E-state index contributed by atoms with van der Waals surface area (Å²) in [6.07, 6.45) is 1.81. The van der Waals surface area contributed by atoms with E-state index in [-0.39, 0.29) is 23.8 Å². The number of amides is 2. The van der Waals surface area contributed by atoms with Gasteiger partial charge in [-0.3, -0.25) is 9.59 Å². The van der Waals surface area contributed by atoms with Gasteiger partial charge in [-0.05, 0) is 12.8 Å². The first-order chi connectivity index (χ1) is 11.6. The van der Waals surface area contributed by atoms with Gasteiger partial charge in [0.05, 0.1) is 18.3 Å². The molecule has 24 heavy (non-hydrogen) atoms. The highest BCUT2D eigenvalue weighted by atomic mass is 32.2. The third kappa shape index (κ3) is 3.81. The summed E-state index contributed by atoms with van der Waals surface area (Å²) in [7, 11) is 1.63. The van der Waals surface area contributed by atoms with Crippen LogP contribution < -0.4 is 5.73 Å². The number of anilines is 1. The van der Waals surface area contributed by atoms with Gasteiger partial charge < -0.3 is 20.3 Å². The summed E-state index contributed by atoms with van der Waals surface area (Å²) in [6.45, 7) is 2.23. The molecule has 4 rings (SSSR count). The molecule has 0 aliphatic carbocycles. The SMILES string of the molecule is COCCN1C(=O)[C@@H]2CC[C@H]1CN(C(=O)CSc1nnc(N)s1)C2. The predicted octanol–water partition coefficient (Wildman–Crippen LogP) is 0.308. The smallest absolute Gasteiger partial charge is 0.233 e. The molecule has 3 fully saturated rings. The second-order valence-electron chi connectivity index (χ2n) is 5.95. The molecule has 0 unspecified atom stereocenters. The van der Waals surface area contributed by atoms with Crippen molar-refractivity contribution in [3.8, 4) is 0 Å². The molecule has 8 nitrogen and oxygen atoms in total. The highest BCUT2D eigenvalue weighted by Crippen LogP contribution is 2.30. The van der Waals surface area contributed by atoms with Gasteiger partial charge in [0.15, 0.2) is 4.34 Å². The molecule has 4 heterocycles. The number of ether oxygens (including phenoxy) is 1. The maximum absolute atomic E-state index is 12.6. The van der Waals surface area contributed by atoms with Gasteiger partial charge in [0.2, 0.25) is 16.9 Å². The summed E-state index contributed by atoms with van der Waals surface area (Å²) < 4.78 is 5.80. The number of rotatable bonds is 6. The Labute approximate surface area is 148 Å². The fourth-order valence-electron chi connectivity index (χ4n) is 3.22. The number of fused-ring (bicyclic) bond motifs is 4. The highest BCUT2D eigenvalue weighted by Gasteiger charge is 2.41. The lowest BCUT2D eigenvalue weighted by atomic mass is 9.94. The maximum Gasteiger partial charge on any atom is 0.233 e. The minimum atomic E-state index is -0.0910. The van der Waals surface area contributed by atoms with Gasteiger partial charge >= 0.3 is 0 Å². The monoisotopic (exact) mass is 371 g/mol. The van der Waals surface area contributed by atoms with Crippen molar-refractivity contribution in [1.82, 2.24) is 20.0 Å². The molecule has 2 atom stereocenters. The van der Waals surface area contributed by atoms with Gasteiger partial charge in [0, 0.05) is 32.8 Å². The number of nitrogens with zero attached hydrogens (tertiary/aromatic N) is 4. The van der Waals surface area contributed by atoms with Gasteiger partial charge in [-0.2, -0.15) is 0 Å². The summed E-state index contributed by atoms with van der Waals surface area (Å²) in [5, 5.41) is 8.05. The van der Waals surface area contributed by atoms with Crippen LogP contribution in [-0.4, -0.2) is 77.0 Å². The van der Waals surface area contributed by atoms with Gasteiger partial charge in [-0.15, -0.1) is 10.2 Å². The van der Waals surface area contributed by atoms with Gasteiger partial charge in [-0.25, -0.2) is 0 Å². The van der Waals surface area contributed by atoms with E-state index in [4.69, 9.17) is 10.5 Å². The van der Waals surface area contributed by atoms with Gasteiger partial charge in [0.1, 0.15) is 0 Å². The highest BCUT2D eigenvalue weighted by molar-refractivity contribution is 8.01. The number of nitrogens with two attached hydrogens (primary N) is 1. The second-order valence-corrected chi connectivity index (χ2v) is 8.18. The molecule has 132 valence electrons. The lowest BCUT2D eigenvalue weighted by molar-refractivity contribution is -0.140. The number of nitrogen functional groups attached to an aromatic ring is 1. The van der Waals surface area contributed by atoms with Crippen LogP contribution in [0.3, 0.4) is 0 Å². The maximum atomic E-state index is 12.6. The van der Waals surface area contributed by atoms with Crippen molar-refractivity contribution in [1.29, 1.82) is 0 Å². The fourth-order valence-corrected chi connectivity index (χ4v) is 4.76. The summed E-state index contributed by atoms with van der Waals surface area (Å²) in [5.74, 6) is 0.391. The van der Waals surface area contributed by atoms with E-state index in [1.165, 1.54) is 23.1 Å². The van der Waals surface area contributed by atoms with E-state index in [9.17, 15) is 9.59 Å². The van der Waals surface area contributed by atoms with Crippen LogP contribution in [0.2, 0.25) is 0 Å². The Hall–Kier alpha value is -1.39. The zero-order valence-corrected chi connectivity index (χ0v) is 15.1. The van der Waals surface area contributed by atoms with E-state index in [0.717, 1.165) is 12.8 Å². The Kier molecular flexibility index (Phi) is 5.57. The Bertz CT molecular complexity index is 611. The van der Waals surface area contributed by atoms with Crippen molar-refractivity contribution in [2.45, 2.75) is 23.2 Å². The zero-order valence-electron chi connectivity index (χ0n) is 13.5. The number of aromatic nitrogens is 2. The molecule has 2 amide bonds. The Balaban J connectivity index is 1.61. The third-order valence-electron chi connectivity index (χ3n) is 4.42. The molecule has 3 saturated heterocycles. The van der Waals surface area contributed by atoms with Crippen LogP contribution in [0.25, 0.3) is 0 Å². The van der Waals surface area contributed by atoms with Gasteiger partial charge in [0.25, 0.3) is 0 Å². The number of thioether (sulfide) groups is 1. The molecule has 1 aromatic heterocycles. The standard InChI is InChI=1S/C14H21N5O3S2/c1-22-5-4-19-10-3-2-9(12(19)21)6-18(7-10)11(20)8-23-14-17-16-13(15)24-14/h9-10H,2-8H2,1H3,(H2,15,16)/t9-,10+/m1/s1. The minimum Gasteiger partial charge on any atom is -0.383 e. The van der Waals surface area contributed by atoms with Crippen LogP contribution in [-0.2, 0) is 14.3 Å². The molecular weight excluding hydrogens is 350 g/mol. The predicted molar refractivity (Wildman–Crippen MR) is 91.7 cm³/mol. The number of hydrogen-bond donors (Lipinski definition) is 1. The molecular formula is C14H21N5O3S2. The average Bonchev–Trinajstić information content (AvgIpc) is 2.80. The molecule has 10 heteroatoms. The quantitative estimate of drug-likeness (QED) is 0.718. The number of methoxy groups -OCH3 is 1. The van der Waals surface area contributed by atoms with E-state index in [0.29, 0.717) is 41.5 Å². The van der Waals surface area contributed by atoms with Crippen LogP contribution in [0, 0.1) is 5.92 Å².